The van der Waals surface area contributed by atoms with Gasteiger partial charge in [-0.2, -0.15) is 0 Å². The summed E-state index contributed by atoms with van der Waals surface area (Å²) in [5.41, 5.74) is 0.528. The van der Waals surface area contributed by atoms with E-state index in [1.54, 1.807) is 0 Å². The molecule has 1 aliphatic heterocycles. The summed E-state index contributed by atoms with van der Waals surface area (Å²) in [7, 11) is 2.05. The van der Waals surface area contributed by atoms with Crippen LogP contribution in [-0.2, 0) is 4.79 Å². The van der Waals surface area contributed by atoms with E-state index in [9.17, 15) is 9.59 Å². The van der Waals surface area contributed by atoms with E-state index >= 15 is 0 Å². The number of hydrogen-bond donors (Lipinski definition) is 2. The number of carbonyl (C=O) groups is 2. The van der Waals surface area contributed by atoms with Gasteiger partial charge in [0.2, 0.25) is 5.91 Å². The Morgan fingerprint density at radius 1 is 1.03 bits per heavy atom. The highest BCUT2D eigenvalue weighted by atomic mass is 16.2. The third-order valence-corrected chi connectivity index (χ3v) is 10.0. The summed E-state index contributed by atoms with van der Waals surface area (Å²) in [6.45, 7) is 11.9. The smallest absolute Gasteiger partial charge is 0.315 e. The number of urea groups is 1. The lowest BCUT2D eigenvalue weighted by molar-refractivity contribution is -0.158. The van der Waals surface area contributed by atoms with Crippen LogP contribution in [0, 0.1) is 34.5 Å². The van der Waals surface area contributed by atoms with E-state index in [4.69, 9.17) is 0 Å². The van der Waals surface area contributed by atoms with E-state index < -0.39 is 0 Å². The Labute approximate surface area is 189 Å². The van der Waals surface area contributed by atoms with Gasteiger partial charge in [0.15, 0.2) is 0 Å². The van der Waals surface area contributed by atoms with Gasteiger partial charge in [-0.05, 0) is 107 Å². The van der Waals surface area contributed by atoms with Gasteiger partial charge in [0.05, 0.1) is 0 Å². The Hall–Kier alpha value is -1.26. The van der Waals surface area contributed by atoms with E-state index in [0.29, 0.717) is 22.8 Å². The molecule has 0 spiro atoms. The first-order valence-electron chi connectivity index (χ1n) is 12.8. The number of rotatable bonds is 3. The summed E-state index contributed by atoms with van der Waals surface area (Å²) < 4.78 is 0. The van der Waals surface area contributed by atoms with E-state index in [0.717, 1.165) is 49.5 Å². The minimum atomic E-state index is -0.195. The molecule has 4 rings (SSSR count). The van der Waals surface area contributed by atoms with Crippen molar-refractivity contribution in [3.63, 3.8) is 0 Å². The van der Waals surface area contributed by atoms with Crippen molar-refractivity contribution < 1.29 is 9.59 Å². The zero-order valence-corrected chi connectivity index (χ0v) is 20.7. The van der Waals surface area contributed by atoms with E-state index in [1.165, 1.54) is 38.5 Å². The average Bonchev–Trinajstić information content (AvgIpc) is 3.00. The maximum absolute atomic E-state index is 12.3. The lowest BCUT2D eigenvalue weighted by atomic mass is 9.46. The van der Waals surface area contributed by atoms with Gasteiger partial charge in [-0.3, -0.25) is 4.79 Å². The molecule has 4 aliphatic rings. The Kier molecular flexibility index (Phi) is 5.88. The fourth-order valence-electron chi connectivity index (χ4n) is 8.48. The predicted molar refractivity (Wildman–Crippen MR) is 125 cm³/mol. The molecule has 4 fully saturated rings. The summed E-state index contributed by atoms with van der Waals surface area (Å²) in [6, 6.07) is 0.403. The minimum absolute atomic E-state index is 0.0434. The second-order valence-corrected chi connectivity index (χ2v) is 12.7. The molecule has 0 radical (unpaired) electrons. The normalized spacial score (nSPS) is 42.5. The van der Waals surface area contributed by atoms with Gasteiger partial charge in [0.25, 0.3) is 0 Å². The number of hydrogen-bond acceptors (Lipinski definition) is 2. The molecule has 0 aromatic carbocycles. The van der Waals surface area contributed by atoms with Crippen LogP contribution in [0.5, 0.6) is 0 Å². The lowest BCUT2D eigenvalue weighted by Crippen LogP contribution is -2.61. The summed E-state index contributed by atoms with van der Waals surface area (Å²) in [5.74, 6) is 3.48. The predicted octanol–water partition coefficient (Wildman–Crippen LogP) is 4.95. The number of piperidine rings is 1. The molecule has 5 heteroatoms. The highest BCUT2D eigenvalue weighted by Crippen LogP contribution is 2.66. The second kappa shape index (κ2) is 7.95. The van der Waals surface area contributed by atoms with Crippen molar-refractivity contribution in [2.75, 3.05) is 13.6 Å². The van der Waals surface area contributed by atoms with Gasteiger partial charge in [-0.1, -0.05) is 13.8 Å². The van der Waals surface area contributed by atoms with Crippen molar-refractivity contribution in [1.82, 2.24) is 15.5 Å². The quantitative estimate of drug-likeness (QED) is 0.664. The molecule has 31 heavy (non-hydrogen) atoms. The zero-order valence-electron chi connectivity index (χ0n) is 20.7. The van der Waals surface area contributed by atoms with Gasteiger partial charge in [-0.15, -0.1) is 0 Å². The molecule has 1 saturated heterocycles. The van der Waals surface area contributed by atoms with Crippen molar-refractivity contribution in [3.8, 4) is 0 Å². The Balaban J connectivity index is 1.40. The number of nitrogens with zero attached hydrogens (tertiary/aromatic N) is 1. The number of likely N-dealkylation sites (tertiary alicyclic amines) is 1. The Morgan fingerprint density at radius 3 is 2.45 bits per heavy atom. The van der Waals surface area contributed by atoms with Gasteiger partial charge in [-0.25, -0.2) is 4.79 Å². The molecule has 5 nitrogen and oxygen atoms in total. The van der Waals surface area contributed by atoms with Crippen LogP contribution in [0.4, 0.5) is 4.79 Å². The van der Waals surface area contributed by atoms with Crippen LogP contribution >= 0.6 is 0 Å². The maximum atomic E-state index is 12.3. The highest BCUT2D eigenvalue weighted by molar-refractivity contribution is 5.77. The fourth-order valence-corrected chi connectivity index (χ4v) is 8.48. The number of carbonyl (C=O) groups excluding carboxylic acids is 2. The third-order valence-electron chi connectivity index (χ3n) is 10.0. The lowest BCUT2D eigenvalue weighted by Gasteiger charge is -2.62. The summed E-state index contributed by atoms with van der Waals surface area (Å²) in [4.78, 5) is 26.6. The van der Waals surface area contributed by atoms with E-state index in [-0.39, 0.29) is 11.6 Å². The molecule has 7 unspecified atom stereocenters. The Morgan fingerprint density at radius 2 is 1.74 bits per heavy atom. The standard InChI is InChI=1S/C26H45N3O2/c1-24(2,3)28-23(31)27-16-13-17-7-9-19-18-8-10-21-26(5,15-12-22(30)29(21)6)20(18)11-14-25(17,19)4/h17-21H,7-16H2,1-6H3,(H2,27,28,31). The van der Waals surface area contributed by atoms with E-state index in [1.807, 2.05) is 27.8 Å². The van der Waals surface area contributed by atoms with Gasteiger partial charge in [0.1, 0.15) is 0 Å². The maximum Gasteiger partial charge on any atom is 0.315 e. The van der Waals surface area contributed by atoms with Gasteiger partial charge in [0, 0.05) is 31.6 Å². The molecule has 3 amide bonds. The van der Waals surface area contributed by atoms with Crippen LogP contribution in [0.2, 0.25) is 0 Å². The van der Waals surface area contributed by atoms with Crippen LogP contribution < -0.4 is 10.6 Å². The number of fused-ring (bicyclic) bond motifs is 5. The molecule has 176 valence electrons. The minimum Gasteiger partial charge on any atom is -0.342 e. The molecule has 0 aromatic heterocycles. The molecule has 7 atom stereocenters. The topological polar surface area (TPSA) is 61.4 Å². The monoisotopic (exact) mass is 431 g/mol. The average molecular weight is 432 g/mol. The molecule has 3 saturated carbocycles. The van der Waals surface area contributed by atoms with Crippen molar-refractivity contribution in [3.05, 3.63) is 0 Å². The molecule has 3 aliphatic carbocycles. The second-order valence-electron chi connectivity index (χ2n) is 12.7. The SMILES string of the molecule is CN1C(=O)CCC2(C)C3CCC4(C)C(CCNC(=O)NC(C)(C)C)CCC4C3CCC12. The van der Waals surface area contributed by atoms with Crippen LogP contribution in [-0.4, -0.2) is 42.0 Å². The first kappa shape index (κ1) is 22.9. The Bertz CT molecular complexity index is 716. The van der Waals surface area contributed by atoms with Gasteiger partial charge >= 0.3 is 6.03 Å². The van der Waals surface area contributed by atoms with Crippen LogP contribution in [0.3, 0.4) is 0 Å². The number of nitrogens with one attached hydrogen (secondary N) is 2. The summed E-state index contributed by atoms with van der Waals surface area (Å²) in [5, 5.41) is 6.11. The number of amides is 3. The first-order chi connectivity index (χ1) is 14.5. The third kappa shape index (κ3) is 3.99. The highest BCUT2D eigenvalue weighted by Gasteiger charge is 2.60. The molecular weight excluding hydrogens is 386 g/mol. The molecule has 2 N–H and O–H groups in total. The summed E-state index contributed by atoms with van der Waals surface area (Å²) >= 11 is 0. The molecule has 1 heterocycles. The van der Waals surface area contributed by atoms with E-state index in [2.05, 4.69) is 29.4 Å². The van der Waals surface area contributed by atoms with Crippen molar-refractivity contribution >= 4 is 11.9 Å². The molecule has 0 aromatic rings. The largest absolute Gasteiger partial charge is 0.342 e. The van der Waals surface area contributed by atoms with Gasteiger partial charge < -0.3 is 15.5 Å². The first-order valence-corrected chi connectivity index (χ1v) is 12.8. The van der Waals surface area contributed by atoms with Crippen molar-refractivity contribution in [1.29, 1.82) is 0 Å². The van der Waals surface area contributed by atoms with Crippen molar-refractivity contribution in [2.45, 2.75) is 104 Å². The van der Waals surface area contributed by atoms with Crippen LogP contribution in [0.25, 0.3) is 0 Å². The fraction of sp³-hybridized carbons (Fsp3) is 0.923. The molecular formula is C26H45N3O2. The zero-order chi connectivity index (χ0) is 22.6. The summed E-state index contributed by atoms with van der Waals surface area (Å²) in [6.07, 6.45) is 10.7. The van der Waals surface area contributed by atoms with Crippen LogP contribution in [0.1, 0.15) is 92.4 Å². The van der Waals surface area contributed by atoms with Crippen LogP contribution in [0.15, 0.2) is 0 Å². The van der Waals surface area contributed by atoms with Crippen molar-refractivity contribution in [2.24, 2.45) is 34.5 Å². The molecule has 0 bridgehead atoms.